The Bertz CT molecular complexity index is 7230. The summed E-state index contributed by atoms with van der Waals surface area (Å²) in [5.41, 5.74) is 17.7. The van der Waals surface area contributed by atoms with Crippen LogP contribution in [0.1, 0.15) is 22.3 Å². The van der Waals surface area contributed by atoms with Crippen molar-refractivity contribution in [1.29, 1.82) is 10.5 Å². The Labute approximate surface area is 649 Å². The number of hydrogen-bond donors (Lipinski definition) is 0. The van der Waals surface area contributed by atoms with E-state index in [1.165, 1.54) is 24.3 Å². The van der Waals surface area contributed by atoms with Gasteiger partial charge in [-0.05, 0) is 234 Å². The molecule has 8 nitrogen and oxygen atoms in total. The van der Waals surface area contributed by atoms with Gasteiger partial charge in [-0.2, -0.15) is 36.9 Å². The lowest BCUT2D eigenvalue weighted by atomic mass is 9.97. The molecule has 0 aliphatic rings. The Morgan fingerprint density at radius 2 is 0.500 bits per heavy atom. The standard InChI is InChI=1S/C100H60F6N8/c101-99(102,103)89-54-63(61-107)28-47-79(89)66-32-39-73(40-33-66)111-95-50-43-75(109(69-16-4-1-5-17-69)70-18-6-2-7-19-70)57-85(95)86-58-76(44-51-96(86)111)110(71-20-8-3-9-21-71)72-37-30-65(31-38-72)68-36-49-94-84(56-68)83-24-12-15-27-93(83)114(94)78-46-53-98-88(60-78)87-59-77(113-91-25-13-10-22-81(91)82-23-11-14-26-92(82)113)45-52-97(87)112(98)74-41-34-67(35-42-74)80-48-29-64(62-108)55-90(80)100(104,105)106/h1-60H. The minimum Gasteiger partial charge on any atom is -0.310 e. The van der Waals surface area contributed by atoms with Crippen LogP contribution in [0.5, 0.6) is 0 Å². The number of aromatic nitrogens is 4. The van der Waals surface area contributed by atoms with Gasteiger partial charge < -0.3 is 28.1 Å². The van der Waals surface area contributed by atoms with Crippen LogP contribution in [0.15, 0.2) is 364 Å². The van der Waals surface area contributed by atoms with Crippen LogP contribution >= 0.6 is 0 Å². The summed E-state index contributed by atoms with van der Waals surface area (Å²) < 4.78 is 96.7. The maximum Gasteiger partial charge on any atom is 0.417 e. The second kappa shape index (κ2) is 26.9. The van der Waals surface area contributed by atoms with Gasteiger partial charge in [-0.25, -0.2) is 0 Å². The van der Waals surface area contributed by atoms with Crippen molar-refractivity contribution < 1.29 is 26.3 Å². The Balaban J connectivity index is 0.693. The second-order valence-corrected chi connectivity index (χ2v) is 28.5. The summed E-state index contributed by atoms with van der Waals surface area (Å²) in [4.78, 5) is 4.48. The fraction of sp³-hybridized carbons (Fsp3) is 0.0200. The van der Waals surface area contributed by atoms with E-state index in [0.717, 1.165) is 167 Å². The van der Waals surface area contributed by atoms with Gasteiger partial charge in [-0.1, -0.05) is 164 Å². The molecule has 0 unspecified atom stereocenters. The highest BCUT2D eigenvalue weighted by molar-refractivity contribution is 6.16. The van der Waals surface area contributed by atoms with Gasteiger partial charge in [0.1, 0.15) is 0 Å². The smallest absolute Gasteiger partial charge is 0.310 e. The molecule has 0 aliphatic heterocycles. The third kappa shape index (κ3) is 11.5. The Morgan fingerprint density at radius 3 is 0.886 bits per heavy atom. The molecular formula is C100H60F6N8. The molecule has 114 heavy (non-hydrogen) atoms. The van der Waals surface area contributed by atoms with Crippen LogP contribution in [0.25, 0.3) is 143 Å². The number of benzene rings is 16. The first kappa shape index (κ1) is 68.2. The summed E-state index contributed by atoms with van der Waals surface area (Å²) >= 11 is 0. The highest BCUT2D eigenvalue weighted by Crippen LogP contribution is 2.48. The summed E-state index contributed by atoms with van der Waals surface area (Å²) in [7, 11) is 0. The predicted octanol–water partition coefficient (Wildman–Crippen LogP) is 27.8. The number of nitrogens with zero attached hydrogens (tertiary/aromatic N) is 8. The first-order valence-electron chi connectivity index (χ1n) is 37.2. The average Bonchev–Trinajstić information content (AvgIpc) is 1.58. The van der Waals surface area contributed by atoms with Gasteiger partial charge in [0.15, 0.2) is 0 Å². The van der Waals surface area contributed by atoms with Crippen LogP contribution in [-0.2, 0) is 12.4 Å². The van der Waals surface area contributed by atoms with Crippen LogP contribution in [0.3, 0.4) is 0 Å². The van der Waals surface area contributed by atoms with Crippen molar-refractivity contribution in [2.24, 2.45) is 0 Å². The molecule has 0 radical (unpaired) electrons. The molecule has 20 rings (SSSR count). The number of fused-ring (bicyclic) bond motifs is 12. The van der Waals surface area contributed by atoms with Gasteiger partial charge in [-0.15, -0.1) is 0 Å². The van der Waals surface area contributed by atoms with Crippen molar-refractivity contribution in [3.63, 3.8) is 0 Å². The number of nitriles is 2. The second-order valence-electron chi connectivity index (χ2n) is 28.5. The van der Waals surface area contributed by atoms with Crippen LogP contribution in [-0.4, -0.2) is 18.3 Å². The molecule has 0 atom stereocenters. The summed E-state index contributed by atoms with van der Waals surface area (Å²) in [5, 5.41) is 27.4. The van der Waals surface area contributed by atoms with Crippen LogP contribution in [0.2, 0.25) is 0 Å². The molecule has 0 fully saturated rings. The first-order chi connectivity index (χ1) is 55.7. The molecule has 4 heterocycles. The number of anilines is 6. The van der Waals surface area contributed by atoms with Gasteiger partial charge in [0.2, 0.25) is 0 Å². The van der Waals surface area contributed by atoms with E-state index in [9.17, 15) is 36.9 Å². The average molecular weight is 1490 g/mol. The Kier molecular flexibility index (Phi) is 16.1. The van der Waals surface area contributed by atoms with Gasteiger partial charge in [-0.3, -0.25) is 0 Å². The summed E-state index contributed by atoms with van der Waals surface area (Å²) in [6.07, 6.45) is -9.37. The molecule has 16 aromatic carbocycles. The molecule has 0 N–H and O–H groups in total. The number of alkyl halides is 6. The van der Waals surface area contributed by atoms with Gasteiger partial charge in [0.05, 0.1) is 78.5 Å². The van der Waals surface area contributed by atoms with Crippen molar-refractivity contribution >= 4 is 121 Å². The predicted molar refractivity (Wildman–Crippen MR) is 449 cm³/mol. The molecular weight excluding hydrogens is 1430 g/mol. The monoisotopic (exact) mass is 1490 g/mol. The van der Waals surface area contributed by atoms with E-state index in [1.807, 2.05) is 91.0 Å². The summed E-state index contributed by atoms with van der Waals surface area (Å²) in [6, 6.07) is 123. The van der Waals surface area contributed by atoms with Crippen LogP contribution in [0.4, 0.5) is 60.5 Å². The number of halogens is 6. The van der Waals surface area contributed by atoms with Gasteiger partial charge in [0.25, 0.3) is 0 Å². The van der Waals surface area contributed by atoms with Crippen molar-refractivity contribution in [1.82, 2.24) is 18.3 Å². The maximum atomic E-state index is 14.6. The Morgan fingerprint density at radius 1 is 0.219 bits per heavy atom. The zero-order valence-corrected chi connectivity index (χ0v) is 60.5. The number of rotatable bonds is 13. The SMILES string of the molecule is N#Cc1ccc(-c2ccc(-n3c4ccc(N(c5ccccc5)c5ccccc5)cc4c4cc(N(c5ccccc5)c5ccc(-c6ccc7c(c6)c6ccccc6n7-c6ccc7c(c6)c6cc(-n8c9ccccc9c9ccccc98)ccc6n7-c6ccc(-c7ccc(C#N)cc7C(F)(F)F)cc6)cc5)ccc43)cc2)c(C(F)(F)F)c1. The molecule has 0 spiro atoms. The van der Waals surface area contributed by atoms with Crippen LogP contribution in [0, 0.1) is 22.7 Å². The largest absolute Gasteiger partial charge is 0.417 e. The van der Waals surface area contributed by atoms with E-state index < -0.39 is 23.5 Å². The molecule has 0 aliphatic carbocycles. The highest BCUT2D eigenvalue weighted by atomic mass is 19.4. The maximum absolute atomic E-state index is 14.6. The fourth-order valence-electron chi connectivity index (χ4n) is 17.0. The molecule has 14 heteroatoms. The molecule has 0 saturated heterocycles. The molecule has 0 amide bonds. The quantitative estimate of drug-likeness (QED) is 0.108. The van der Waals surface area contributed by atoms with E-state index in [-0.39, 0.29) is 22.3 Å². The van der Waals surface area contributed by atoms with Crippen molar-refractivity contribution in [2.45, 2.75) is 12.4 Å². The molecule has 4 aromatic heterocycles. The zero-order valence-electron chi connectivity index (χ0n) is 60.5. The minimum absolute atomic E-state index is 0.00969. The van der Waals surface area contributed by atoms with E-state index in [2.05, 4.69) is 253 Å². The molecule has 542 valence electrons. The molecule has 0 saturated carbocycles. The van der Waals surface area contributed by atoms with E-state index in [0.29, 0.717) is 11.1 Å². The summed E-state index contributed by atoms with van der Waals surface area (Å²) in [6.45, 7) is 0. The third-order valence-corrected chi connectivity index (χ3v) is 22.0. The number of hydrogen-bond acceptors (Lipinski definition) is 4. The van der Waals surface area contributed by atoms with E-state index >= 15 is 0 Å². The van der Waals surface area contributed by atoms with Crippen LogP contribution < -0.4 is 9.80 Å². The zero-order chi connectivity index (χ0) is 77.1. The molecule has 20 aromatic rings. The highest BCUT2D eigenvalue weighted by Gasteiger charge is 2.36. The van der Waals surface area contributed by atoms with Crippen molar-refractivity contribution in [3.8, 4) is 68.3 Å². The fourth-order valence-corrected chi connectivity index (χ4v) is 17.0. The van der Waals surface area contributed by atoms with Crippen molar-refractivity contribution in [2.75, 3.05) is 9.80 Å². The Hall–Kier alpha value is -15.1. The lowest BCUT2D eigenvalue weighted by Gasteiger charge is -2.26. The van der Waals surface area contributed by atoms with E-state index in [1.54, 1.807) is 24.3 Å². The van der Waals surface area contributed by atoms with E-state index in [4.69, 9.17) is 0 Å². The molecule has 0 bridgehead atoms. The normalized spacial score (nSPS) is 11.9. The third-order valence-electron chi connectivity index (χ3n) is 22.0. The topological polar surface area (TPSA) is 73.8 Å². The van der Waals surface area contributed by atoms with Crippen molar-refractivity contribution in [3.05, 3.63) is 386 Å². The van der Waals surface area contributed by atoms with Gasteiger partial charge in [0, 0.05) is 100.0 Å². The lowest BCUT2D eigenvalue weighted by molar-refractivity contribution is -0.137. The first-order valence-corrected chi connectivity index (χ1v) is 37.2. The lowest BCUT2D eigenvalue weighted by Crippen LogP contribution is -2.09. The summed E-state index contributed by atoms with van der Waals surface area (Å²) in [5.74, 6) is 0. The van der Waals surface area contributed by atoms with Gasteiger partial charge >= 0.3 is 12.4 Å². The number of para-hydroxylation sites is 6. The minimum atomic E-state index is -4.69.